The Balaban J connectivity index is 1.26. The molecular weight excluding hydrogens is 424 g/mol. The van der Waals surface area contributed by atoms with E-state index in [-0.39, 0.29) is 30.4 Å². The molecule has 1 unspecified atom stereocenters. The fourth-order valence-electron chi connectivity index (χ4n) is 4.05. The van der Waals surface area contributed by atoms with E-state index < -0.39 is 0 Å². The molecule has 0 spiro atoms. The van der Waals surface area contributed by atoms with Gasteiger partial charge in [-0.05, 0) is 68.3 Å². The number of hydrogen-bond acceptors (Lipinski definition) is 6. The van der Waals surface area contributed by atoms with Crippen LogP contribution in [0.3, 0.4) is 0 Å². The van der Waals surface area contributed by atoms with Crippen molar-refractivity contribution in [2.24, 2.45) is 0 Å². The number of imide groups is 1. The van der Waals surface area contributed by atoms with E-state index in [0.717, 1.165) is 12.8 Å². The number of nitrogens with zero attached hydrogens (tertiary/aromatic N) is 1. The first-order valence-corrected chi connectivity index (χ1v) is 10.7. The third-order valence-electron chi connectivity index (χ3n) is 5.80. The average Bonchev–Trinajstić information content (AvgIpc) is 3.53. The van der Waals surface area contributed by atoms with Gasteiger partial charge in [-0.25, -0.2) is 0 Å². The first-order valence-electron chi connectivity index (χ1n) is 10.7. The van der Waals surface area contributed by atoms with E-state index >= 15 is 0 Å². The predicted octanol–water partition coefficient (Wildman–Crippen LogP) is 4.41. The molecule has 3 heterocycles. The molecule has 168 valence electrons. The minimum absolute atomic E-state index is 0.0978. The molecule has 1 atom stereocenters. The second-order valence-corrected chi connectivity index (χ2v) is 8.03. The van der Waals surface area contributed by atoms with E-state index in [0.29, 0.717) is 46.2 Å². The topological polar surface area (TPSA) is 98.1 Å². The monoisotopic (exact) mass is 446 g/mol. The van der Waals surface area contributed by atoms with Crippen molar-refractivity contribution in [1.29, 1.82) is 0 Å². The van der Waals surface area contributed by atoms with Crippen LogP contribution in [0.25, 0.3) is 0 Å². The second kappa shape index (κ2) is 8.55. The number of nitrogens with one attached hydrogen (secondary N) is 1. The van der Waals surface area contributed by atoms with Gasteiger partial charge in [0.25, 0.3) is 17.7 Å². The number of anilines is 1. The van der Waals surface area contributed by atoms with Gasteiger partial charge in [0, 0.05) is 12.3 Å². The first-order chi connectivity index (χ1) is 16.0. The number of benzene rings is 2. The second-order valence-electron chi connectivity index (χ2n) is 8.03. The van der Waals surface area contributed by atoms with Gasteiger partial charge in [0.1, 0.15) is 17.3 Å². The van der Waals surface area contributed by atoms with Crippen LogP contribution in [-0.2, 0) is 4.74 Å². The van der Waals surface area contributed by atoms with Crippen molar-refractivity contribution in [2.45, 2.75) is 25.9 Å². The molecule has 3 aromatic rings. The number of aryl methyl sites for hydroxylation is 1. The van der Waals surface area contributed by atoms with Gasteiger partial charge < -0.3 is 19.2 Å². The highest BCUT2D eigenvalue weighted by Gasteiger charge is 2.37. The number of carbonyl (C=O) groups excluding carboxylic acids is 3. The van der Waals surface area contributed by atoms with Crippen molar-refractivity contribution in [3.05, 3.63) is 77.2 Å². The molecule has 0 bridgehead atoms. The highest BCUT2D eigenvalue weighted by atomic mass is 16.5. The van der Waals surface area contributed by atoms with Crippen LogP contribution in [-0.4, -0.2) is 41.9 Å². The third-order valence-corrected chi connectivity index (χ3v) is 5.80. The lowest BCUT2D eigenvalue weighted by Crippen LogP contribution is -2.36. The molecule has 8 heteroatoms. The van der Waals surface area contributed by atoms with Gasteiger partial charge in [0.15, 0.2) is 0 Å². The van der Waals surface area contributed by atoms with Crippen molar-refractivity contribution in [3.63, 3.8) is 0 Å². The maximum Gasteiger partial charge on any atom is 0.261 e. The molecule has 0 aliphatic carbocycles. The van der Waals surface area contributed by atoms with Gasteiger partial charge in [0.05, 0.1) is 35.6 Å². The maximum atomic E-state index is 12.8. The van der Waals surface area contributed by atoms with E-state index in [2.05, 4.69) is 5.32 Å². The maximum absolute atomic E-state index is 12.8. The Morgan fingerprint density at radius 2 is 1.82 bits per heavy atom. The molecule has 1 aromatic heterocycles. The number of furan rings is 1. The fraction of sp³-hybridized carbons (Fsp3) is 0.240. The number of fused-ring (bicyclic) bond motifs is 1. The van der Waals surface area contributed by atoms with Gasteiger partial charge >= 0.3 is 0 Å². The van der Waals surface area contributed by atoms with Crippen molar-refractivity contribution < 1.29 is 28.3 Å². The van der Waals surface area contributed by atoms with E-state index in [4.69, 9.17) is 13.9 Å². The summed E-state index contributed by atoms with van der Waals surface area (Å²) in [5.41, 5.74) is 1.78. The molecule has 3 amide bonds. The Morgan fingerprint density at radius 3 is 2.52 bits per heavy atom. The average molecular weight is 446 g/mol. The Kier molecular flexibility index (Phi) is 5.43. The van der Waals surface area contributed by atoms with Gasteiger partial charge in [0.2, 0.25) is 0 Å². The van der Waals surface area contributed by atoms with Gasteiger partial charge in [-0.15, -0.1) is 0 Å². The summed E-state index contributed by atoms with van der Waals surface area (Å²) in [6, 6.07) is 13.3. The molecule has 1 N–H and O–H groups in total. The third kappa shape index (κ3) is 4.12. The van der Waals surface area contributed by atoms with Crippen LogP contribution in [0, 0.1) is 6.92 Å². The highest BCUT2D eigenvalue weighted by Crippen LogP contribution is 2.31. The summed E-state index contributed by atoms with van der Waals surface area (Å²) < 4.78 is 16.6. The Hall–Kier alpha value is -3.91. The zero-order chi connectivity index (χ0) is 22.9. The van der Waals surface area contributed by atoms with E-state index in [1.165, 1.54) is 11.2 Å². The molecule has 1 saturated heterocycles. The van der Waals surface area contributed by atoms with Crippen molar-refractivity contribution in [1.82, 2.24) is 4.90 Å². The number of carbonyl (C=O) groups is 3. The van der Waals surface area contributed by atoms with Gasteiger partial charge in [-0.3, -0.25) is 19.3 Å². The zero-order valence-electron chi connectivity index (χ0n) is 18.0. The number of hydrogen-bond donors (Lipinski definition) is 1. The van der Waals surface area contributed by atoms with E-state index in [1.807, 2.05) is 0 Å². The van der Waals surface area contributed by atoms with Gasteiger partial charge in [-0.2, -0.15) is 0 Å². The first kappa shape index (κ1) is 21.0. The largest absolute Gasteiger partial charge is 0.469 e. The summed E-state index contributed by atoms with van der Waals surface area (Å²) in [5, 5.41) is 2.80. The SMILES string of the molecule is Cc1occc1C(=O)Nc1ccc(Oc2ccc3c(c2)C(=O)N(CC2CCCO2)C3=O)cc1. The van der Waals surface area contributed by atoms with Crippen molar-refractivity contribution in [3.8, 4) is 11.5 Å². The highest BCUT2D eigenvalue weighted by molar-refractivity contribution is 6.21. The lowest BCUT2D eigenvalue weighted by Gasteiger charge is -2.17. The van der Waals surface area contributed by atoms with E-state index in [9.17, 15) is 14.4 Å². The summed E-state index contributed by atoms with van der Waals surface area (Å²) in [6.07, 6.45) is 3.16. The Labute approximate surface area is 190 Å². The molecule has 2 aliphatic heterocycles. The van der Waals surface area contributed by atoms with Crippen LogP contribution >= 0.6 is 0 Å². The van der Waals surface area contributed by atoms with Gasteiger partial charge in [-0.1, -0.05) is 0 Å². The summed E-state index contributed by atoms with van der Waals surface area (Å²) >= 11 is 0. The quantitative estimate of drug-likeness (QED) is 0.564. The molecule has 2 aliphatic rings. The van der Waals surface area contributed by atoms with Crippen molar-refractivity contribution >= 4 is 23.4 Å². The molecule has 0 radical (unpaired) electrons. The lowest BCUT2D eigenvalue weighted by atomic mass is 10.1. The van der Waals surface area contributed by atoms with Crippen LogP contribution in [0.4, 0.5) is 5.69 Å². The fourth-order valence-corrected chi connectivity index (χ4v) is 4.05. The molecule has 0 saturated carbocycles. The summed E-state index contributed by atoms with van der Waals surface area (Å²) in [5.74, 6) is 0.629. The minimum atomic E-state index is -0.330. The summed E-state index contributed by atoms with van der Waals surface area (Å²) in [6.45, 7) is 2.66. The number of rotatable bonds is 6. The normalized spacial score (nSPS) is 17.4. The van der Waals surface area contributed by atoms with Crippen LogP contribution in [0.2, 0.25) is 0 Å². The van der Waals surface area contributed by atoms with Crippen LogP contribution in [0.5, 0.6) is 11.5 Å². The Bertz CT molecular complexity index is 1220. The Morgan fingerprint density at radius 1 is 1.06 bits per heavy atom. The zero-order valence-corrected chi connectivity index (χ0v) is 18.0. The molecule has 1 fully saturated rings. The minimum Gasteiger partial charge on any atom is -0.469 e. The molecule has 8 nitrogen and oxygen atoms in total. The summed E-state index contributed by atoms with van der Waals surface area (Å²) in [4.78, 5) is 39.0. The number of ether oxygens (including phenoxy) is 2. The van der Waals surface area contributed by atoms with Crippen molar-refractivity contribution in [2.75, 3.05) is 18.5 Å². The molecule has 33 heavy (non-hydrogen) atoms. The molecule has 5 rings (SSSR count). The number of amides is 3. The standard InChI is InChI=1S/C25H22N2O6/c1-15-20(10-12-31-15)23(28)26-16-4-6-17(7-5-16)33-18-8-9-21-22(13-18)25(30)27(24(21)29)14-19-3-2-11-32-19/h4-10,12-13,19H,2-3,11,14H2,1H3,(H,26,28). The predicted molar refractivity (Wildman–Crippen MR) is 119 cm³/mol. The van der Waals surface area contributed by atoms with E-state index in [1.54, 1.807) is 55.5 Å². The summed E-state index contributed by atoms with van der Waals surface area (Å²) in [7, 11) is 0. The molecular formula is C25H22N2O6. The van der Waals surface area contributed by atoms with Crippen LogP contribution in [0.15, 0.2) is 59.2 Å². The molecule has 2 aromatic carbocycles. The van der Waals surface area contributed by atoms with Crippen LogP contribution < -0.4 is 10.1 Å². The van der Waals surface area contributed by atoms with Crippen LogP contribution in [0.1, 0.15) is 49.7 Å². The smallest absolute Gasteiger partial charge is 0.261 e. The lowest BCUT2D eigenvalue weighted by molar-refractivity contribution is 0.0475.